The number of aryl methyl sites for hydroxylation is 1. The lowest BCUT2D eigenvalue weighted by Gasteiger charge is -2.18. The van der Waals surface area contributed by atoms with E-state index in [1.807, 2.05) is 29.7 Å². The molecular weight excluding hydrogens is 563 g/mol. The molecule has 0 aliphatic heterocycles. The Morgan fingerprint density at radius 3 is 2.67 bits per heavy atom. The minimum atomic E-state index is -4.13. The highest BCUT2D eigenvalue weighted by Gasteiger charge is 2.30. The fourth-order valence-corrected chi connectivity index (χ4v) is 8.16. The summed E-state index contributed by atoms with van der Waals surface area (Å²) >= 11 is 2.55. The van der Waals surface area contributed by atoms with Crippen LogP contribution in [0.4, 0.5) is 5.00 Å². The second-order valence-electron chi connectivity index (χ2n) is 9.63. The zero-order chi connectivity index (χ0) is 28.3. The van der Waals surface area contributed by atoms with Gasteiger partial charge < -0.3 is 19.4 Å². The van der Waals surface area contributed by atoms with Crippen molar-refractivity contribution < 1.29 is 32.3 Å². The van der Waals surface area contributed by atoms with E-state index in [9.17, 15) is 22.8 Å². The maximum Gasteiger partial charge on any atom is 0.341 e. The minimum Gasteiger partial charge on any atom is -0.465 e. The van der Waals surface area contributed by atoms with Crippen LogP contribution >= 0.6 is 22.7 Å². The molecule has 13 heteroatoms. The van der Waals surface area contributed by atoms with E-state index in [-0.39, 0.29) is 10.6 Å². The number of carbonyl (C=O) groups excluding carboxylic acids is 3. The summed E-state index contributed by atoms with van der Waals surface area (Å²) in [4.78, 5) is 43.3. The van der Waals surface area contributed by atoms with Crippen molar-refractivity contribution in [2.24, 2.45) is 10.9 Å². The lowest BCUT2D eigenvalue weighted by atomic mass is 9.88. The molecule has 210 valence electrons. The van der Waals surface area contributed by atoms with Gasteiger partial charge in [0.15, 0.2) is 14.6 Å². The lowest BCUT2D eigenvalue weighted by Crippen LogP contribution is -2.28. The first-order valence-electron chi connectivity index (χ1n) is 12.4. The van der Waals surface area contributed by atoms with Crippen molar-refractivity contribution in [3.05, 3.63) is 44.6 Å². The van der Waals surface area contributed by atoms with Gasteiger partial charge in [-0.3, -0.25) is 9.59 Å². The smallest absolute Gasteiger partial charge is 0.341 e. The van der Waals surface area contributed by atoms with Gasteiger partial charge in [-0.05, 0) is 55.4 Å². The summed E-state index contributed by atoms with van der Waals surface area (Å²) in [6, 6.07) is 5.84. The highest BCUT2D eigenvalue weighted by atomic mass is 32.2. The molecule has 1 aliphatic rings. The molecule has 0 radical (unpaired) electrons. The van der Waals surface area contributed by atoms with Crippen molar-refractivity contribution in [1.29, 1.82) is 0 Å². The summed E-state index contributed by atoms with van der Waals surface area (Å²) in [7, 11) is -1.30. The molecule has 0 saturated carbocycles. The first-order chi connectivity index (χ1) is 18.5. The Morgan fingerprint density at radius 1 is 1.18 bits per heavy atom. The van der Waals surface area contributed by atoms with Gasteiger partial charge in [0.25, 0.3) is 5.91 Å². The maximum absolute atomic E-state index is 12.8. The van der Waals surface area contributed by atoms with Crippen LogP contribution in [0.2, 0.25) is 0 Å². The summed E-state index contributed by atoms with van der Waals surface area (Å²) < 4.78 is 38.3. The molecule has 0 spiro atoms. The summed E-state index contributed by atoms with van der Waals surface area (Å²) in [5.74, 6) is -3.66. The quantitative estimate of drug-likeness (QED) is 0.377. The molecule has 1 unspecified atom stereocenters. The van der Waals surface area contributed by atoms with Crippen molar-refractivity contribution in [3.8, 4) is 0 Å². The first kappa shape index (κ1) is 29.1. The summed E-state index contributed by atoms with van der Waals surface area (Å²) in [6.45, 7) is 4.90. The molecule has 4 rings (SSSR count). The van der Waals surface area contributed by atoms with Gasteiger partial charge in [-0.2, -0.15) is 4.99 Å². The van der Waals surface area contributed by atoms with E-state index in [0.29, 0.717) is 30.3 Å². The number of methoxy groups -OCH3 is 2. The third kappa shape index (κ3) is 6.83. The number of nitrogens with one attached hydrogen (secondary N) is 1. The van der Waals surface area contributed by atoms with Gasteiger partial charge in [0.2, 0.25) is 5.91 Å². The van der Waals surface area contributed by atoms with Crippen LogP contribution < -0.4 is 10.1 Å². The van der Waals surface area contributed by atoms with Crippen LogP contribution in [0, 0.1) is 12.8 Å². The van der Waals surface area contributed by atoms with Crippen LogP contribution in [0.3, 0.4) is 0 Å². The zero-order valence-corrected chi connectivity index (χ0v) is 24.7. The van der Waals surface area contributed by atoms with E-state index in [4.69, 9.17) is 9.47 Å². The van der Waals surface area contributed by atoms with Gasteiger partial charge in [0.1, 0.15) is 16.5 Å². The van der Waals surface area contributed by atoms with Crippen molar-refractivity contribution in [3.63, 3.8) is 0 Å². The van der Waals surface area contributed by atoms with Crippen LogP contribution in [0.25, 0.3) is 10.2 Å². The van der Waals surface area contributed by atoms with E-state index < -0.39 is 39.1 Å². The molecule has 2 heterocycles. The normalized spacial score (nSPS) is 15.8. The molecule has 1 N–H and O–H groups in total. The van der Waals surface area contributed by atoms with E-state index in [2.05, 4.69) is 17.2 Å². The zero-order valence-electron chi connectivity index (χ0n) is 22.2. The first-order valence-corrected chi connectivity index (χ1v) is 15.9. The van der Waals surface area contributed by atoms with E-state index in [1.165, 1.54) is 29.8 Å². The Balaban J connectivity index is 1.51. The fraction of sp³-hybridized carbons (Fsp3) is 0.462. The summed E-state index contributed by atoms with van der Waals surface area (Å²) in [6.07, 6.45) is 2.37. The number of aromatic nitrogens is 1. The van der Waals surface area contributed by atoms with Gasteiger partial charge >= 0.3 is 5.97 Å². The van der Waals surface area contributed by atoms with Gasteiger partial charge in [-0.25, -0.2) is 13.2 Å². The standard InChI is InChI=1S/C26H31N3O7S3/c1-15-5-7-17-19(11-15)37-24(23(17)25(32)36-4)27-21(30)13-39(33,34)14-22(31)28-26-29(9-10-35-3)18-8-6-16(2)12-20(18)38-26/h6,8,12,15H,5,7,9-11,13-14H2,1-4H3,(H,27,30). The largest absolute Gasteiger partial charge is 0.465 e. The van der Waals surface area contributed by atoms with Crippen LogP contribution in [-0.2, 0) is 48.3 Å². The van der Waals surface area contributed by atoms with Gasteiger partial charge in [0, 0.05) is 18.5 Å². The predicted octanol–water partition coefficient (Wildman–Crippen LogP) is 3.11. The average molecular weight is 594 g/mol. The van der Waals surface area contributed by atoms with Crippen molar-refractivity contribution in [2.45, 2.75) is 39.7 Å². The third-order valence-corrected chi connectivity index (χ3v) is 10.0. The van der Waals surface area contributed by atoms with Crippen molar-refractivity contribution >= 4 is 65.5 Å². The van der Waals surface area contributed by atoms with Gasteiger partial charge in [-0.1, -0.05) is 24.3 Å². The molecule has 1 aromatic carbocycles. The SMILES string of the molecule is COCCn1c(=NC(=O)CS(=O)(=O)CC(=O)Nc2sc3c(c2C(=O)OC)CCC(C)C3)sc2cc(C)ccc21. The van der Waals surface area contributed by atoms with Gasteiger partial charge in [-0.15, -0.1) is 11.3 Å². The number of rotatable bonds is 9. The Morgan fingerprint density at radius 2 is 1.95 bits per heavy atom. The Labute approximate surface area is 234 Å². The number of fused-ring (bicyclic) bond motifs is 2. The molecule has 2 amide bonds. The van der Waals surface area contributed by atoms with E-state index in [0.717, 1.165) is 39.1 Å². The number of hydrogen-bond donors (Lipinski definition) is 1. The van der Waals surface area contributed by atoms with E-state index >= 15 is 0 Å². The molecule has 0 saturated heterocycles. The number of thiazole rings is 1. The molecule has 10 nitrogen and oxygen atoms in total. The third-order valence-electron chi connectivity index (χ3n) is 6.43. The summed E-state index contributed by atoms with van der Waals surface area (Å²) in [5.41, 5.74) is 3.04. The maximum atomic E-state index is 12.8. The number of benzene rings is 1. The number of sulfone groups is 1. The fourth-order valence-electron chi connectivity index (χ4n) is 4.56. The second kappa shape index (κ2) is 12.1. The van der Waals surface area contributed by atoms with Crippen molar-refractivity contribution in [1.82, 2.24) is 4.57 Å². The number of hydrogen-bond acceptors (Lipinski definition) is 9. The molecule has 1 aliphatic carbocycles. The Hall–Kier alpha value is -2.87. The van der Waals surface area contributed by atoms with Crippen molar-refractivity contribution in [2.75, 3.05) is 37.6 Å². The van der Waals surface area contributed by atoms with Crippen LogP contribution in [0.15, 0.2) is 23.2 Å². The lowest BCUT2D eigenvalue weighted by molar-refractivity contribution is -0.115. The monoisotopic (exact) mass is 593 g/mol. The number of thiophene rings is 1. The number of nitrogens with zero attached hydrogens (tertiary/aromatic N) is 2. The second-order valence-corrected chi connectivity index (χ2v) is 13.8. The predicted molar refractivity (Wildman–Crippen MR) is 151 cm³/mol. The highest BCUT2D eigenvalue weighted by molar-refractivity contribution is 7.92. The molecule has 0 bridgehead atoms. The Kier molecular flexibility index (Phi) is 9.04. The minimum absolute atomic E-state index is 0.275. The molecule has 3 aromatic rings. The summed E-state index contributed by atoms with van der Waals surface area (Å²) in [5, 5.41) is 2.85. The topological polar surface area (TPSA) is 133 Å². The molecule has 39 heavy (non-hydrogen) atoms. The molecule has 1 atom stereocenters. The van der Waals surface area contributed by atoms with Crippen LogP contribution in [0.5, 0.6) is 0 Å². The van der Waals surface area contributed by atoms with Crippen LogP contribution in [0.1, 0.15) is 39.7 Å². The van der Waals surface area contributed by atoms with Gasteiger partial charge in [0.05, 0.1) is 29.5 Å². The molecule has 2 aromatic heterocycles. The van der Waals surface area contributed by atoms with Crippen LogP contribution in [-0.4, -0.2) is 63.1 Å². The highest BCUT2D eigenvalue weighted by Crippen LogP contribution is 2.40. The number of amides is 2. The number of ether oxygens (including phenoxy) is 2. The average Bonchev–Trinajstić information content (AvgIpc) is 3.36. The molecular formula is C26H31N3O7S3. The number of esters is 1. The van der Waals surface area contributed by atoms with E-state index in [1.54, 1.807) is 7.11 Å². The molecule has 0 fully saturated rings. The number of carbonyl (C=O) groups is 3. The number of anilines is 1. The Bertz CT molecular complexity index is 1600.